The lowest BCUT2D eigenvalue weighted by molar-refractivity contribution is -0.143. The molecule has 0 unspecified atom stereocenters. The Morgan fingerprint density at radius 3 is 2.47 bits per heavy atom. The summed E-state index contributed by atoms with van der Waals surface area (Å²) >= 11 is 0. The number of aryl methyl sites for hydroxylation is 2. The molecule has 1 saturated heterocycles. The number of nitrogens with zero attached hydrogens (tertiary/aromatic N) is 2. The van der Waals surface area contributed by atoms with Crippen LogP contribution in [0, 0.1) is 13.8 Å². The number of rotatable bonds is 10. The molecule has 1 aliphatic rings. The zero-order valence-corrected chi connectivity index (χ0v) is 19.7. The van der Waals surface area contributed by atoms with Gasteiger partial charge in [-0.2, -0.15) is 0 Å². The van der Waals surface area contributed by atoms with E-state index in [9.17, 15) is 14.4 Å². The van der Waals surface area contributed by atoms with Crippen LogP contribution < -0.4 is 10.6 Å². The van der Waals surface area contributed by atoms with Crippen molar-refractivity contribution in [3.63, 3.8) is 0 Å². The molecule has 2 rings (SSSR count). The first kappa shape index (κ1) is 25.6. The number of urea groups is 1. The number of amides is 3. The van der Waals surface area contributed by atoms with Crippen molar-refractivity contribution in [2.24, 2.45) is 0 Å². The van der Waals surface area contributed by atoms with Gasteiger partial charge in [0.15, 0.2) is 0 Å². The molecule has 178 valence electrons. The van der Waals surface area contributed by atoms with Crippen molar-refractivity contribution in [1.82, 2.24) is 15.1 Å². The molecule has 1 aromatic carbocycles. The van der Waals surface area contributed by atoms with E-state index in [4.69, 9.17) is 4.74 Å². The Morgan fingerprint density at radius 2 is 1.75 bits per heavy atom. The molecule has 8 nitrogen and oxygen atoms in total. The molecule has 1 heterocycles. The zero-order chi connectivity index (χ0) is 23.3. The molecule has 32 heavy (non-hydrogen) atoms. The van der Waals surface area contributed by atoms with Crippen molar-refractivity contribution < 1.29 is 19.1 Å². The van der Waals surface area contributed by atoms with Gasteiger partial charge in [0.1, 0.15) is 0 Å². The van der Waals surface area contributed by atoms with E-state index in [0.717, 1.165) is 49.0 Å². The van der Waals surface area contributed by atoms with Gasteiger partial charge in [-0.15, -0.1) is 0 Å². The van der Waals surface area contributed by atoms with Crippen molar-refractivity contribution in [2.75, 3.05) is 51.2 Å². The fourth-order valence-electron chi connectivity index (χ4n) is 3.84. The van der Waals surface area contributed by atoms with Gasteiger partial charge in [-0.25, -0.2) is 4.79 Å². The molecule has 0 bridgehead atoms. The van der Waals surface area contributed by atoms with Gasteiger partial charge in [0.2, 0.25) is 5.91 Å². The second-order valence-electron chi connectivity index (χ2n) is 8.28. The SMILES string of the molecule is CCOC(=O)CCCCCNC(=O)N1CCCN(CC(=O)Nc2c(C)cccc2C)CC1. The minimum absolute atomic E-state index is 0.0249. The lowest BCUT2D eigenvalue weighted by Gasteiger charge is -2.22. The minimum atomic E-state index is -0.159. The Bertz CT molecular complexity index is 748. The Hall–Kier alpha value is -2.61. The number of ether oxygens (including phenoxy) is 1. The van der Waals surface area contributed by atoms with E-state index in [1.54, 1.807) is 6.92 Å². The molecule has 0 radical (unpaired) electrons. The number of carbonyl (C=O) groups is 3. The van der Waals surface area contributed by atoms with Gasteiger partial charge in [0.25, 0.3) is 0 Å². The number of benzene rings is 1. The molecular weight excluding hydrogens is 408 g/mol. The smallest absolute Gasteiger partial charge is 0.317 e. The van der Waals surface area contributed by atoms with Crippen LogP contribution in [0.4, 0.5) is 10.5 Å². The third-order valence-electron chi connectivity index (χ3n) is 5.63. The highest BCUT2D eigenvalue weighted by Crippen LogP contribution is 2.19. The number of nitrogens with one attached hydrogen (secondary N) is 2. The average molecular weight is 447 g/mol. The van der Waals surface area contributed by atoms with Crippen molar-refractivity contribution in [1.29, 1.82) is 0 Å². The van der Waals surface area contributed by atoms with E-state index in [0.29, 0.717) is 45.8 Å². The normalized spacial score (nSPS) is 14.5. The quantitative estimate of drug-likeness (QED) is 0.426. The maximum atomic E-state index is 12.5. The molecule has 2 N–H and O–H groups in total. The van der Waals surface area contributed by atoms with Crippen LogP contribution in [0.2, 0.25) is 0 Å². The summed E-state index contributed by atoms with van der Waals surface area (Å²) in [5, 5.41) is 6.00. The number of anilines is 1. The van der Waals surface area contributed by atoms with E-state index in [1.807, 2.05) is 36.9 Å². The van der Waals surface area contributed by atoms with Crippen LogP contribution in [0.25, 0.3) is 0 Å². The second-order valence-corrected chi connectivity index (χ2v) is 8.28. The lowest BCUT2D eigenvalue weighted by atomic mass is 10.1. The van der Waals surface area contributed by atoms with Gasteiger partial charge >= 0.3 is 12.0 Å². The maximum Gasteiger partial charge on any atom is 0.317 e. The number of hydrogen-bond acceptors (Lipinski definition) is 5. The Labute approximate surface area is 191 Å². The number of esters is 1. The molecule has 1 aromatic rings. The third kappa shape index (κ3) is 8.86. The first-order valence-electron chi connectivity index (χ1n) is 11.7. The summed E-state index contributed by atoms with van der Waals surface area (Å²) < 4.78 is 4.91. The Morgan fingerprint density at radius 1 is 1.00 bits per heavy atom. The summed E-state index contributed by atoms with van der Waals surface area (Å²) in [7, 11) is 0. The number of unbranched alkanes of at least 4 members (excludes halogenated alkanes) is 2. The van der Waals surface area contributed by atoms with Crippen LogP contribution in [0.5, 0.6) is 0 Å². The highest BCUT2D eigenvalue weighted by Gasteiger charge is 2.20. The van der Waals surface area contributed by atoms with Crippen molar-refractivity contribution >= 4 is 23.6 Å². The Kier molecular flexibility index (Phi) is 11.0. The van der Waals surface area contributed by atoms with Crippen LogP contribution in [0.15, 0.2) is 18.2 Å². The standard InChI is InChI=1S/C24H38N4O4/c1-4-32-22(30)12-6-5-7-13-25-24(31)28-15-9-14-27(16-17-28)18-21(29)26-23-19(2)10-8-11-20(23)3/h8,10-11H,4-7,9,12-18H2,1-3H3,(H,25,31)(H,26,29). The first-order valence-corrected chi connectivity index (χ1v) is 11.7. The van der Waals surface area contributed by atoms with E-state index < -0.39 is 0 Å². The van der Waals surface area contributed by atoms with Crippen LogP contribution in [0.3, 0.4) is 0 Å². The first-order chi connectivity index (χ1) is 15.4. The topological polar surface area (TPSA) is 91.0 Å². The number of carbonyl (C=O) groups excluding carboxylic acids is 3. The van der Waals surface area contributed by atoms with Crippen molar-refractivity contribution in [3.05, 3.63) is 29.3 Å². The molecule has 0 aliphatic carbocycles. The fraction of sp³-hybridized carbons (Fsp3) is 0.625. The summed E-state index contributed by atoms with van der Waals surface area (Å²) in [5.41, 5.74) is 2.99. The number of para-hydroxylation sites is 1. The molecule has 0 aromatic heterocycles. The van der Waals surface area contributed by atoms with Crippen LogP contribution in [0.1, 0.15) is 50.2 Å². The zero-order valence-electron chi connectivity index (χ0n) is 19.7. The molecular formula is C24H38N4O4. The molecule has 0 atom stereocenters. The van der Waals surface area contributed by atoms with Gasteiger partial charge < -0.3 is 20.3 Å². The predicted octanol–water partition coefficient (Wildman–Crippen LogP) is 3.08. The average Bonchev–Trinajstić information content (AvgIpc) is 2.99. The summed E-state index contributed by atoms with van der Waals surface area (Å²) in [5.74, 6) is -0.184. The fourth-order valence-corrected chi connectivity index (χ4v) is 3.84. The second kappa shape index (κ2) is 13.7. The van der Waals surface area contributed by atoms with Gasteiger partial charge in [0.05, 0.1) is 13.2 Å². The summed E-state index contributed by atoms with van der Waals surface area (Å²) in [6, 6.07) is 5.91. The van der Waals surface area contributed by atoms with Crippen LogP contribution in [-0.2, 0) is 14.3 Å². The highest BCUT2D eigenvalue weighted by atomic mass is 16.5. The Balaban J connectivity index is 1.66. The van der Waals surface area contributed by atoms with Gasteiger partial charge in [-0.05, 0) is 51.2 Å². The molecule has 3 amide bonds. The van der Waals surface area contributed by atoms with Gasteiger partial charge in [-0.1, -0.05) is 24.6 Å². The minimum Gasteiger partial charge on any atom is -0.466 e. The largest absolute Gasteiger partial charge is 0.466 e. The lowest BCUT2D eigenvalue weighted by Crippen LogP contribution is -2.43. The molecule has 1 fully saturated rings. The molecule has 0 spiro atoms. The summed E-state index contributed by atoms with van der Waals surface area (Å²) in [4.78, 5) is 40.2. The van der Waals surface area contributed by atoms with Crippen molar-refractivity contribution in [3.8, 4) is 0 Å². The molecule has 1 aliphatic heterocycles. The maximum absolute atomic E-state index is 12.5. The van der Waals surface area contributed by atoms with Crippen LogP contribution in [-0.4, -0.2) is 73.6 Å². The summed E-state index contributed by atoms with van der Waals surface area (Å²) in [6.07, 6.45) is 3.76. The molecule has 8 heteroatoms. The predicted molar refractivity (Wildman–Crippen MR) is 126 cm³/mol. The highest BCUT2D eigenvalue weighted by molar-refractivity contribution is 5.93. The van der Waals surface area contributed by atoms with Crippen molar-refractivity contribution in [2.45, 2.75) is 52.9 Å². The van der Waals surface area contributed by atoms with E-state index in [1.165, 1.54) is 0 Å². The van der Waals surface area contributed by atoms with E-state index in [2.05, 4.69) is 15.5 Å². The number of hydrogen-bond donors (Lipinski definition) is 2. The third-order valence-corrected chi connectivity index (χ3v) is 5.63. The molecule has 0 saturated carbocycles. The van der Waals surface area contributed by atoms with Crippen LogP contribution >= 0.6 is 0 Å². The van der Waals surface area contributed by atoms with E-state index >= 15 is 0 Å². The van der Waals surface area contributed by atoms with Gasteiger partial charge in [-0.3, -0.25) is 14.5 Å². The monoisotopic (exact) mass is 446 g/mol. The summed E-state index contributed by atoms with van der Waals surface area (Å²) in [6.45, 7) is 9.87. The van der Waals surface area contributed by atoms with Gasteiger partial charge in [0, 0.05) is 44.8 Å². The van der Waals surface area contributed by atoms with E-state index in [-0.39, 0.29) is 17.9 Å².